The Morgan fingerprint density at radius 1 is 1.11 bits per heavy atom. The van der Waals surface area contributed by atoms with Gasteiger partial charge in [-0.2, -0.15) is 0 Å². The molecule has 0 aliphatic carbocycles. The van der Waals surface area contributed by atoms with E-state index in [1.165, 1.54) is 11.1 Å². The number of rotatable bonds is 5. The third-order valence-corrected chi connectivity index (χ3v) is 3.92. The third-order valence-electron chi connectivity index (χ3n) is 3.51. The highest BCUT2D eigenvalue weighted by Gasteiger charge is 2.10. The lowest BCUT2D eigenvalue weighted by Crippen LogP contribution is -2.17. The molecule has 2 aromatic carbocycles. The van der Waals surface area contributed by atoms with Gasteiger partial charge in [0, 0.05) is 11.1 Å². The number of hydrogen-bond donors (Lipinski definition) is 1. The first-order chi connectivity index (χ1) is 9.20. The van der Waals surface area contributed by atoms with Gasteiger partial charge < -0.3 is 5.32 Å². The summed E-state index contributed by atoms with van der Waals surface area (Å²) >= 11 is 6.20. The standard InChI is InChI=1S/C17H20ClN/c1-13-8-10-15(12-16(13)18)17(19-2)11-9-14-6-4-3-5-7-14/h3-8,10,12,17,19H,9,11H2,1-2H3. The smallest absolute Gasteiger partial charge is 0.0438 e. The molecule has 1 atom stereocenters. The third kappa shape index (κ3) is 3.82. The molecule has 0 radical (unpaired) electrons. The zero-order valence-electron chi connectivity index (χ0n) is 11.5. The normalized spacial score (nSPS) is 12.4. The molecule has 1 N–H and O–H groups in total. The monoisotopic (exact) mass is 273 g/mol. The molecule has 0 aliphatic rings. The van der Waals surface area contributed by atoms with Crippen LogP contribution in [0.2, 0.25) is 5.02 Å². The van der Waals surface area contributed by atoms with E-state index in [1.807, 2.05) is 14.0 Å². The minimum absolute atomic E-state index is 0.346. The van der Waals surface area contributed by atoms with Crippen molar-refractivity contribution in [3.05, 3.63) is 70.2 Å². The van der Waals surface area contributed by atoms with Crippen LogP contribution in [0.25, 0.3) is 0 Å². The molecule has 2 heteroatoms. The predicted octanol–water partition coefficient (Wildman–Crippen LogP) is 4.54. The molecule has 0 saturated heterocycles. The van der Waals surface area contributed by atoms with E-state index >= 15 is 0 Å². The Kier molecular flexibility index (Phi) is 5.00. The van der Waals surface area contributed by atoms with Gasteiger partial charge in [0.15, 0.2) is 0 Å². The van der Waals surface area contributed by atoms with Gasteiger partial charge in [0.1, 0.15) is 0 Å². The second-order valence-electron chi connectivity index (χ2n) is 4.87. The lowest BCUT2D eigenvalue weighted by atomic mass is 9.98. The fraction of sp³-hybridized carbons (Fsp3) is 0.294. The molecule has 0 aromatic heterocycles. The number of aryl methyl sites for hydroxylation is 2. The number of nitrogens with one attached hydrogen (secondary N) is 1. The van der Waals surface area contributed by atoms with Crippen molar-refractivity contribution in [1.29, 1.82) is 0 Å². The summed E-state index contributed by atoms with van der Waals surface area (Å²) in [6.45, 7) is 2.03. The van der Waals surface area contributed by atoms with Crippen LogP contribution in [0.5, 0.6) is 0 Å². The van der Waals surface area contributed by atoms with E-state index < -0.39 is 0 Å². The van der Waals surface area contributed by atoms with Crippen molar-refractivity contribution in [3.63, 3.8) is 0 Å². The average molecular weight is 274 g/mol. The molecular weight excluding hydrogens is 254 g/mol. The molecule has 2 rings (SSSR count). The van der Waals surface area contributed by atoms with Crippen molar-refractivity contribution in [2.45, 2.75) is 25.8 Å². The fourth-order valence-corrected chi connectivity index (χ4v) is 2.45. The summed E-state index contributed by atoms with van der Waals surface area (Å²) in [5.74, 6) is 0. The van der Waals surface area contributed by atoms with Crippen molar-refractivity contribution in [2.24, 2.45) is 0 Å². The zero-order chi connectivity index (χ0) is 13.7. The summed E-state index contributed by atoms with van der Waals surface area (Å²) in [6.07, 6.45) is 2.14. The van der Waals surface area contributed by atoms with Crippen LogP contribution in [0, 0.1) is 6.92 Å². The average Bonchev–Trinajstić information content (AvgIpc) is 2.44. The molecule has 0 fully saturated rings. The van der Waals surface area contributed by atoms with Gasteiger partial charge in [-0.05, 0) is 49.6 Å². The minimum atomic E-state index is 0.346. The van der Waals surface area contributed by atoms with E-state index in [9.17, 15) is 0 Å². The maximum Gasteiger partial charge on any atom is 0.0438 e. The highest BCUT2D eigenvalue weighted by molar-refractivity contribution is 6.31. The summed E-state index contributed by atoms with van der Waals surface area (Å²) in [5.41, 5.74) is 3.76. The Morgan fingerprint density at radius 3 is 2.47 bits per heavy atom. The van der Waals surface area contributed by atoms with Crippen LogP contribution in [0.3, 0.4) is 0 Å². The first-order valence-corrected chi connectivity index (χ1v) is 7.05. The molecule has 1 nitrogen and oxygen atoms in total. The first kappa shape index (κ1) is 14.1. The number of hydrogen-bond acceptors (Lipinski definition) is 1. The summed E-state index contributed by atoms with van der Waals surface area (Å²) in [4.78, 5) is 0. The highest BCUT2D eigenvalue weighted by atomic mass is 35.5. The molecule has 0 bridgehead atoms. The largest absolute Gasteiger partial charge is 0.313 e. The van der Waals surface area contributed by atoms with Gasteiger partial charge in [-0.25, -0.2) is 0 Å². The number of halogens is 1. The quantitative estimate of drug-likeness (QED) is 0.843. The molecular formula is C17H20ClN. The summed E-state index contributed by atoms with van der Waals surface area (Å²) in [6, 6.07) is 17.3. The van der Waals surface area contributed by atoms with Crippen molar-refractivity contribution < 1.29 is 0 Å². The topological polar surface area (TPSA) is 12.0 Å². The maximum absolute atomic E-state index is 6.20. The highest BCUT2D eigenvalue weighted by Crippen LogP contribution is 2.24. The molecule has 0 amide bonds. The Morgan fingerprint density at radius 2 is 1.84 bits per heavy atom. The van der Waals surface area contributed by atoms with Crippen molar-refractivity contribution in [2.75, 3.05) is 7.05 Å². The van der Waals surface area contributed by atoms with Gasteiger partial charge in [0.2, 0.25) is 0 Å². The van der Waals surface area contributed by atoms with Gasteiger partial charge >= 0.3 is 0 Å². The summed E-state index contributed by atoms with van der Waals surface area (Å²) in [7, 11) is 2.00. The molecule has 0 saturated carbocycles. The fourth-order valence-electron chi connectivity index (χ4n) is 2.26. The minimum Gasteiger partial charge on any atom is -0.313 e. The van der Waals surface area contributed by atoms with Crippen molar-refractivity contribution in [1.82, 2.24) is 5.32 Å². The van der Waals surface area contributed by atoms with Gasteiger partial charge in [0.05, 0.1) is 0 Å². The Hall–Kier alpha value is -1.31. The molecule has 0 spiro atoms. The molecule has 100 valence electrons. The van der Waals surface area contributed by atoms with Crippen molar-refractivity contribution in [3.8, 4) is 0 Å². The molecule has 19 heavy (non-hydrogen) atoms. The van der Waals surface area contributed by atoms with Crippen LogP contribution in [-0.2, 0) is 6.42 Å². The van der Waals surface area contributed by atoms with Crippen LogP contribution in [-0.4, -0.2) is 7.05 Å². The van der Waals surface area contributed by atoms with E-state index in [1.54, 1.807) is 0 Å². The molecule has 1 unspecified atom stereocenters. The van der Waals surface area contributed by atoms with E-state index in [4.69, 9.17) is 11.6 Å². The lowest BCUT2D eigenvalue weighted by molar-refractivity contribution is 0.549. The van der Waals surface area contributed by atoms with E-state index in [0.717, 1.165) is 23.4 Å². The molecule has 0 heterocycles. The Labute approximate surface area is 120 Å². The molecule has 0 aliphatic heterocycles. The summed E-state index contributed by atoms with van der Waals surface area (Å²) in [5, 5.41) is 4.22. The predicted molar refractivity (Wildman–Crippen MR) is 82.8 cm³/mol. The zero-order valence-corrected chi connectivity index (χ0v) is 12.2. The second-order valence-corrected chi connectivity index (χ2v) is 5.28. The maximum atomic E-state index is 6.20. The van der Waals surface area contributed by atoms with E-state index in [-0.39, 0.29) is 0 Å². The Bertz CT molecular complexity index is 522. The van der Waals surface area contributed by atoms with Crippen LogP contribution in [0.1, 0.15) is 29.2 Å². The van der Waals surface area contributed by atoms with Crippen LogP contribution in [0.4, 0.5) is 0 Å². The van der Waals surface area contributed by atoms with Gasteiger partial charge in [-0.15, -0.1) is 0 Å². The molecule has 2 aromatic rings. The van der Waals surface area contributed by atoms with Crippen LogP contribution >= 0.6 is 11.6 Å². The second kappa shape index (κ2) is 6.74. The summed E-state index contributed by atoms with van der Waals surface area (Å²) < 4.78 is 0. The van der Waals surface area contributed by atoms with Crippen LogP contribution < -0.4 is 5.32 Å². The number of benzene rings is 2. The SMILES string of the molecule is CNC(CCc1ccccc1)c1ccc(C)c(Cl)c1. The first-order valence-electron chi connectivity index (χ1n) is 6.68. The van der Waals surface area contributed by atoms with Crippen molar-refractivity contribution >= 4 is 11.6 Å². The van der Waals surface area contributed by atoms with Crippen LogP contribution in [0.15, 0.2) is 48.5 Å². The Balaban J connectivity index is 2.05. The van der Waals surface area contributed by atoms with Gasteiger partial charge in [-0.1, -0.05) is 54.1 Å². The lowest BCUT2D eigenvalue weighted by Gasteiger charge is -2.17. The van der Waals surface area contributed by atoms with Gasteiger partial charge in [-0.3, -0.25) is 0 Å². The van der Waals surface area contributed by atoms with E-state index in [0.29, 0.717) is 6.04 Å². The van der Waals surface area contributed by atoms with Gasteiger partial charge in [0.25, 0.3) is 0 Å². The van der Waals surface area contributed by atoms with E-state index in [2.05, 4.69) is 53.8 Å².